The lowest BCUT2D eigenvalue weighted by atomic mass is 9.91. The predicted octanol–water partition coefficient (Wildman–Crippen LogP) is 4.59. The maximum atomic E-state index is 13.6. The summed E-state index contributed by atoms with van der Waals surface area (Å²) < 4.78 is 5.50. The Morgan fingerprint density at radius 2 is 1.79 bits per heavy atom. The predicted molar refractivity (Wildman–Crippen MR) is 145 cm³/mol. The lowest BCUT2D eigenvalue weighted by Gasteiger charge is -2.45. The van der Waals surface area contributed by atoms with Crippen LogP contribution in [-0.4, -0.2) is 43.5 Å². The monoisotopic (exact) mass is 571 g/mol. The number of β-lactam (4-membered cyclic amide) rings is 1. The molecule has 39 heavy (non-hydrogen) atoms. The highest BCUT2D eigenvalue weighted by Crippen LogP contribution is 2.43. The van der Waals surface area contributed by atoms with E-state index in [1.54, 1.807) is 32.9 Å². The molecular formula is C27H26ClN3O7S. The fourth-order valence-electron chi connectivity index (χ4n) is 3.57. The number of ether oxygens (including phenoxy) is 1. The first-order valence-electron chi connectivity index (χ1n) is 11.8. The Morgan fingerprint density at radius 1 is 1.21 bits per heavy atom. The molecule has 0 aromatic heterocycles. The molecule has 10 nitrogen and oxygen atoms in total. The van der Waals surface area contributed by atoms with E-state index in [0.29, 0.717) is 16.7 Å². The van der Waals surface area contributed by atoms with Gasteiger partial charge in [0.05, 0.1) is 33.5 Å². The third kappa shape index (κ3) is 6.65. The lowest BCUT2D eigenvalue weighted by molar-refractivity contribution is -0.384. The van der Waals surface area contributed by atoms with E-state index in [1.807, 2.05) is 6.07 Å². The van der Waals surface area contributed by atoms with Crippen molar-refractivity contribution in [1.82, 2.24) is 4.90 Å². The summed E-state index contributed by atoms with van der Waals surface area (Å²) in [4.78, 5) is 51.3. The average molecular weight is 572 g/mol. The molecule has 0 aliphatic carbocycles. The zero-order valence-corrected chi connectivity index (χ0v) is 23.2. The van der Waals surface area contributed by atoms with Crippen LogP contribution < -0.4 is 0 Å². The number of benzene rings is 2. The number of nitro benzene ring substituents is 1. The van der Waals surface area contributed by atoms with E-state index in [2.05, 4.69) is 0 Å². The van der Waals surface area contributed by atoms with Crippen molar-refractivity contribution in [3.63, 3.8) is 0 Å². The topological polar surface area (TPSA) is 151 Å². The van der Waals surface area contributed by atoms with Crippen LogP contribution in [0.25, 0.3) is 4.91 Å². The van der Waals surface area contributed by atoms with Gasteiger partial charge < -0.3 is 9.84 Å². The molecule has 0 bridgehead atoms. The van der Waals surface area contributed by atoms with Gasteiger partial charge in [-0.3, -0.25) is 24.6 Å². The van der Waals surface area contributed by atoms with Gasteiger partial charge in [-0.25, -0.2) is 4.79 Å². The standard InChI is InChI=1S/C27H26ClN3O7S/c1-15(32)20-23(28)30(24(20)33)21(25(34)38-14-17-7-11-19(12-8-17)31(36)37)22(39-26(35)27(2,3)4)18-9-5-16(13-29)6-10-18/h5-12,15,20,23,32H,14H2,1-4H3/t15-,20-,23-/m1/s1. The van der Waals surface area contributed by atoms with Gasteiger partial charge in [-0.15, -0.1) is 0 Å². The molecule has 12 heteroatoms. The second-order valence-electron chi connectivity index (χ2n) is 9.85. The number of rotatable bonds is 8. The average Bonchev–Trinajstić information content (AvgIpc) is 2.88. The van der Waals surface area contributed by atoms with Crippen molar-refractivity contribution in [2.24, 2.45) is 11.3 Å². The molecule has 0 spiro atoms. The summed E-state index contributed by atoms with van der Waals surface area (Å²) in [5.41, 5.74) is -1.17. The molecule has 0 radical (unpaired) electrons. The number of likely N-dealkylation sites (tertiary alicyclic amines) is 1. The second kappa shape index (κ2) is 12.0. The van der Waals surface area contributed by atoms with Crippen LogP contribution in [0.3, 0.4) is 0 Å². The van der Waals surface area contributed by atoms with Crippen molar-refractivity contribution < 1.29 is 29.2 Å². The van der Waals surface area contributed by atoms with E-state index in [0.717, 1.165) is 16.7 Å². The summed E-state index contributed by atoms with van der Waals surface area (Å²) in [6.07, 6.45) is -1.09. The van der Waals surface area contributed by atoms with Gasteiger partial charge in [0.2, 0.25) is 5.91 Å². The number of halogens is 1. The number of amides is 1. The van der Waals surface area contributed by atoms with E-state index in [-0.39, 0.29) is 28.0 Å². The molecule has 2 aromatic rings. The van der Waals surface area contributed by atoms with Gasteiger partial charge in [-0.1, -0.05) is 44.5 Å². The van der Waals surface area contributed by atoms with Crippen LogP contribution in [0.2, 0.25) is 0 Å². The van der Waals surface area contributed by atoms with Gasteiger partial charge in [0.1, 0.15) is 17.8 Å². The van der Waals surface area contributed by atoms with Gasteiger partial charge in [0.15, 0.2) is 5.12 Å². The number of aliphatic hydroxyl groups is 1. The molecule has 0 unspecified atom stereocenters. The fourth-order valence-corrected chi connectivity index (χ4v) is 5.10. The van der Waals surface area contributed by atoms with Crippen LogP contribution >= 0.6 is 23.4 Å². The van der Waals surface area contributed by atoms with E-state index in [9.17, 15) is 34.9 Å². The summed E-state index contributed by atoms with van der Waals surface area (Å²) in [5.74, 6) is -2.57. The number of thioether (sulfide) groups is 1. The van der Waals surface area contributed by atoms with Gasteiger partial charge in [-0.2, -0.15) is 5.26 Å². The van der Waals surface area contributed by atoms with E-state index < -0.39 is 39.7 Å². The number of carbonyl (C=O) groups excluding carboxylic acids is 3. The minimum Gasteiger partial charge on any atom is -0.456 e. The van der Waals surface area contributed by atoms with Crippen LogP contribution in [0.4, 0.5) is 5.69 Å². The summed E-state index contributed by atoms with van der Waals surface area (Å²) in [5, 5.41) is 29.8. The molecule has 0 saturated carbocycles. The molecule has 1 aliphatic rings. The van der Waals surface area contributed by atoms with E-state index in [4.69, 9.17) is 16.3 Å². The summed E-state index contributed by atoms with van der Waals surface area (Å²) in [7, 11) is 0. The van der Waals surface area contributed by atoms with E-state index in [1.165, 1.54) is 43.3 Å². The zero-order valence-electron chi connectivity index (χ0n) is 21.6. The van der Waals surface area contributed by atoms with Gasteiger partial charge in [0, 0.05) is 17.5 Å². The van der Waals surface area contributed by atoms with Crippen molar-refractivity contribution in [2.75, 3.05) is 0 Å². The third-order valence-electron chi connectivity index (χ3n) is 5.84. The van der Waals surface area contributed by atoms with Crippen LogP contribution in [-0.2, 0) is 25.7 Å². The maximum absolute atomic E-state index is 13.6. The van der Waals surface area contributed by atoms with Crippen molar-refractivity contribution in [1.29, 1.82) is 5.26 Å². The molecule has 1 fully saturated rings. The normalized spacial score (nSPS) is 18.4. The van der Waals surface area contributed by atoms with Crippen molar-refractivity contribution >= 4 is 50.9 Å². The third-order valence-corrected chi connectivity index (χ3v) is 7.73. The number of esters is 1. The number of nitrogens with zero attached hydrogens (tertiary/aromatic N) is 3. The Hall–Kier alpha value is -3.72. The number of hydrogen-bond donors (Lipinski definition) is 1. The first-order valence-corrected chi connectivity index (χ1v) is 13.0. The Kier molecular flexibility index (Phi) is 9.17. The largest absolute Gasteiger partial charge is 0.456 e. The molecule has 1 saturated heterocycles. The molecule has 204 valence electrons. The number of hydrogen-bond acceptors (Lipinski definition) is 9. The van der Waals surface area contributed by atoms with Gasteiger partial charge in [0.25, 0.3) is 5.69 Å². The Morgan fingerprint density at radius 3 is 2.26 bits per heavy atom. The number of nitriles is 1. The van der Waals surface area contributed by atoms with Crippen molar-refractivity contribution in [3.05, 3.63) is 81.0 Å². The van der Waals surface area contributed by atoms with Gasteiger partial charge >= 0.3 is 5.97 Å². The highest BCUT2D eigenvalue weighted by Gasteiger charge is 2.53. The minimum atomic E-state index is -1.10. The molecule has 1 heterocycles. The maximum Gasteiger partial charge on any atom is 0.356 e. The molecule has 1 aliphatic heterocycles. The Labute approximate surface area is 234 Å². The zero-order chi connectivity index (χ0) is 29.1. The van der Waals surface area contributed by atoms with Gasteiger partial charge in [-0.05, 0) is 54.1 Å². The molecule has 3 rings (SSSR count). The quantitative estimate of drug-likeness (QED) is 0.0912. The Balaban J connectivity index is 2.10. The molecule has 1 amide bonds. The number of non-ortho nitro benzene ring substituents is 1. The summed E-state index contributed by atoms with van der Waals surface area (Å²) in [6.45, 7) is 6.23. The van der Waals surface area contributed by atoms with Crippen molar-refractivity contribution in [3.8, 4) is 6.07 Å². The van der Waals surface area contributed by atoms with Crippen molar-refractivity contribution in [2.45, 2.75) is 45.9 Å². The number of carbonyl (C=O) groups is 3. The number of alkyl halides is 1. The van der Waals surface area contributed by atoms with Crippen LogP contribution in [0.1, 0.15) is 44.4 Å². The number of aliphatic hydroxyl groups excluding tert-OH is 1. The molecule has 2 aromatic carbocycles. The highest BCUT2D eigenvalue weighted by atomic mass is 35.5. The highest BCUT2D eigenvalue weighted by molar-refractivity contribution is 8.21. The second-order valence-corrected chi connectivity index (χ2v) is 11.3. The van der Waals surface area contributed by atoms with Crippen LogP contribution in [0.15, 0.2) is 54.2 Å². The van der Waals surface area contributed by atoms with Crippen LogP contribution in [0, 0.1) is 32.8 Å². The smallest absolute Gasteiger partial charge is 0.356 e. The number of nitro groups is 1. The molecule has 1 N–H and O–H groups in total. The Bertz CT molecular complexity index is 1360. The molecular weight excluding hydrogens is 546 g/mol. The summed E-state index contributed by atoms with van der Waals surface area (Å²) in [6, 6.07) is 13.5. The first kappa shape index (κ1) is 29.8. The SMILES string of the molecule is C[C@@H](O)[C@H]1C(=O)N(C(C(=O)OCc2ccc([N+](=O)[O-])cc2)=C(SC(=O)C(C)(C)C)c2ccc(C#N)cc2)[C@H]1Cl. The summed E-state index contributed by atoms with van der Waals surface area (Å²) >= 11 is 7.22. The lowest BCUT2D eigenvalue weighted by Crippen LogP contribution is -2.62. The fraction of sp³-hybridized carbons (Fsp3) is 0.333. The first-order chi connectivity index (χ1) is 18.3. The van der Waals surface area contributed by atoms with E-state index >= 15 is 0 Å². The minimum absolute atomic E-state index is 0.0937. The van der Waals surface area contributed by atoms with Crippen LogP contribution in [0.5, 0.6) is 0 Å². The molecule has 3 atom stereocenters.